The lowest BCUT2D eigenvalue weighted by Gasteiger charge is -2.23. The summed E-state index contributed by atoms with van der Waals surface area (Å²) >= 11 is 1.38. The van der Waals surface area contributed by atoms with E-state index in [9.17, 15) is 5.11 Å². The van der Waals surface area contributed by atoms with Gasteiger partial charge in [-0.05, 0) is 37.5 Å². The van der Waals surface area contributed by atoms with Crippen LogP contribution in [0.2, 0.25) is 0 Å². The van der Waals surface area contributed by atoms with E-state index in [4.69, 9.17) is 9.15 Å². The molecular weight excluding hydrogens is 300 g/mol. The normalized spacial score (nSPS) is 11.6. The molecule has 22 heavy (non-hydrogen) atoms. The topological polar surface area (TPSA) is 68.4 Å². The van der Waals surface area contributed by atoms with Gasteiger partial charge in [0.05, 0.1) is 5.60 Å². The molecule has 0 aliphatic rings. The summed E-state index contributed by atoms with van der Waals surface area (Å²) in [5, 5.41) is 18.6. The van der Waals surface area contributed by atoms with Crippen LogP contribution in [0, 0.1) is 6.92 Å². The molecule has 0 amide bonds. The van der Waals surface area contributed by atoms with Crippen molar-refractivity contribution in [3.05, 3.63) is 35.7 Å². The van der Waals surface area contributed by atoms with Crippen molar-refractivity contribution in [2.24, 2.45) is 0 Å². The van der Waals surface area contributed by atoms with E-state index in [1.807, 2.05) is 45.0 Å². The van der Waals surface area contributed by atoms with Gasteiger partial charge < -0.3 is 14.3 Å². The number of aryl methyl sites for hydroxylation is 1. The molecule has 0 fully saturated rings. The Kier molecular flexibility index (Phi) is 5.85. The summed E-state index contributed by atoms with van der Waals surface area (Å²) in [6.45, 7) is 6.19. The molecule has 6 heteroatoms. The molecule has 1 N–H and O–H groups in total. The zero-order valence-corrected chi connectivity index (χ0v) is 14.0. The Labute approximate surface area is 135 Å². The Balaban J connectivity index is 1.86. The molecule has 0 bridgehead atoms. The van der Waals surface area contributed by atoms with E-state index in [-0.39, 0.29) is 6.61 Å². The molecule has 120 valence electrons. The van der Waals surface area contributed by atoms with Crippen LogP contribution in [0.1, 0.15) is 38.1 Å². The van der Waals surface area contributed by atoms with Crippen molar-refractivity contribution in [2.45, 2.75) is 51.0 Å². The zero-order chi connectivity index (χ0) is 16.0. The van der Waals surface area contributed by atoms with E-state index in [0.717, 1.165) is 11.3 Å². The molecule has 2 aromatic rings. The van der Waals surface area contributed by atoms with Gasteiger partial charge in [-0.25, -0.2) is 0 Å². The van der Waals surface area contributed by atoms with Crippen molar-refractivity contribution in [2.75, 3.05) is 5.75 Å². The lowest BCUT2D eigenvalue weighted by molar-refractivity contribution is 0.0569. The van der Waals surface area contributed by atoms with Gasteiger partial charge in [-0.2, -0.15) is 0 Å². The summed E-state index contributed by atoms with van der Waals surface area (Å²) in [5.41, 5.74) is 0.454. The molecule has 0 atom stereocenters. The van der Waals surface area contributed by atoms with Crippen LogP contribution in [-0.4, -0.2) is 26.7 Å². The number of rotatable bonds is 8. The van der Waals surface area contributed by atoms with Crippen LogP contribution in [0.25, 0.3) is 0 Å². The van der Waals surface area contributed by atoms with Gasteiger partial charge >= 0.3 is 0 Å². The number of thioether (sulfide) groups is 1. The number of ether oxygens (including phenoxy) is 1. The van der Waals surface area contributed by atoms with Crippen LogP contribution >= 0.6 is 11.8 Å². The van der Waals surface area contributed by atoms with E-state index < -0.39 is 5.60 Å². The van der Waals surface area contributed by atoms with Crippen molar-refractivity contribution < 1.29 is 14.3 Å². The highest BCUT2D eigenvalue weighted by Gasteiger charge is 2.23. The minimum atomic E-state index is -0.683. The highest BCUT2D eigenvalue weighted by molar-refractivity contribution is 7.99. The van der Waals surface area contributed by atoms with Gasteiger partial charge in [0.1, 0.15) is 5.75 Å². The molecule has 1 aromatic heterocycles. The minimum Gasteiger partial charge on any atom is -0.484 e. The quantitative estimate of drug-likeness (QED) is 0.749. The number of hydrogen-bond acceptors (Lipinski definition) is 6. The molecule has 0 unspecified atom stereocenters. The molecule has 2 rings (SSSR count). The lowest BCUT2D eigenvalue weighted by atomic mass is 10.0. The van der Waals surface area contributed by atoms with Crippen molar-refractivity contribution in [3.63, 3.8) is 0 Å². The maximum atomic E-state index is 10.2. The molecule has 0 aliphatic carbocycles. The zero-order valence-electron chi connectivity index (χ0n) is 13.2. The second kappa shape index (κ2) is 7.65. The predicted octanol–water partition coefficient (Wildman–Crippen LogP) is 3.60. The van der Waals surface area contributed by atoms with Crippen LogP contribution < -0.4 is 4.74 Å². The number of aliphatic hydroxyl groups is 1. The first-order chi connectivity index (χ1) is 10.5. The monoisotopic (exact) mass is 322 g/mol. The van der Waals surface area contributed by atoms with Gasteiger partial charge in [0.2, 0.25) is 0 Å². The maximum Gasteiger partial charge on any atom is 0.276 e. The first-order valence-electron chi connectivity index (χ1n) is 7.41. The molecule has 5 nitrogen and oxygen atoms in total. The number of nitrogens with zero attached hydrogens (tertiary/aromatic N) is 2. The summed E-state index contributed by atoms with van der Waals surface area (Å²) in [6, 6.07) is 7.79. The summed E-state index contributed by atoms with van der Waals surface area (Å²) in [7, 11) is 0. The second-order valence-electron chi connectivity index (χ2n) is 5.29. The van der Waals surface area contributed by atoms with E-state index >= 15 is 0 Å². The second-order valence-corrected chi connectivity index (χ2v) is 6.21. The highest BCUT2D eigenvalue weighted by atomic mass is 32.2. The van der Waals surface area contributed by atoms with Gasteiger partial charge in [0, 0.05) is 5.75 Å². The summed E-state index contributed by atoms with van der Waals surface area (Å²) in [6.07, 6.45) is 1.40. The first-order valence-corrected chi connectivity index (χ1v) is 8.40. The van der Waals surface area contributed by atoms with Crippen LogP contribution in [0.5, 0.6) is 5.75 Å². The van der Waals surface area contributed by atoms with Gasteiger partial charge in [-0.1, -0.05) is 37.7 Å². The van der Waals surface area contributed by atoms with Crippen LogP contribution in [0.3, 0.4) is 0 Å². The Bertz CT molecular complexity index is 597. The van der Waals surface area contributed by atoms with E-state index in [1.54, 1.807) is 0 Å². The third-order valence-corrected chi connectivity index (χ3v) is 4.67. The Morgan fingerprint density at radius 3 is 2.73 bits per heavy atom. The van der Waals surface area contributed by atoms with Gasteiger partial charge in [-0.15, -0.1) is 10.2 Å². The molecular formula is C16H22N2O3S. The number of aromatic nitrogens is 2. The molecule has 0 saturated carbocycles. The Hall–Kier alpha value is -1.53. The largest absolute Gasteiger partial charge is 0.484 e. The smallest absolute Gasteiger partial charge is 0.276 e. The Morgan fingerprint density at radius 1 is 1.27 bits per heavy atom. The highest BCUT2D eigenvalue weighted by Crippen LogP contribution is 2.26. The van der Waals surface area contributed by atoms with Crippen LogP contribution in [0.15, 0.2) is 33.9 Å². The SMILES string of the molecule is CCC(O)(CC)CSc1nnc(COc2cccc(C)c2)o1. The van der Waals surface area contributed by atoms with Gasteiger partial charge in [-0.3, -0.25) is 0 Å². The molecule has 1 heterocycles. The molecule has 0 spiro atoms. The lowest BCUT2D eigenvalue weighted by Crippen LogP contribution is -2.29. The average molecular weight is 322 g/mol. The fourth-order valence-electron chi connectivity index (χ4n) is 1.86. The number of benzene rings is 1. The standard InChI is InChI=1S/C16H22N2O3S/c1-4-16(19,5-2)11-22-15-18-17-14(21-15)10-20-13-8-6-7-12(3)9-13/h6-9,19H,4-5,10-11H2,1-3H3. The third kappa shape index (κ3) is 4.74. The molecule has 1 aromatic carbocycles. The summed E-state index contributed by atoms with van der Waals surface area (Å²) in [5.74, 6) is 1.75. The van der Waals surface area contributed by atoms with Crippen LogP contribution in [0.4, 0.5) is 0 Å². The summed E-state index contributed by atoms with van der Waals surface area (Å²) in [4.78, 5) is 0. The average Bonchev–Trinajstić information content (AvgIpc) is 2.99. The van der Waals surface area contributed by atoms with Gasteiger partial charge in [0.15, 0.2) is 6.61 Å². The third-order valence-electron chi connectivity index (χ3n) is 3.58. The Morgan fingerprint density at radius 2 is 2.05 bits per heavy atom. The number of hydrogen-bond donors (Lipinski definition) is 1. The maximum absolute atomic E-state index is 10.2. The van der Waals surface area contributed by atoms with E-state index in [1.165, 1.54) is 11.8 Å². The summed E-state index contributed by atoms with van der Waals surface area (Å²) < 4.78 is 11.1. The van der Waals surface area contributed by atoms with Crippen molar-refractivity contribution >= 4 is 11.8 Å². The minimum absolute atomic E-state index is 0.239. The first kappa shape index (κ1) is 16.8. The fourth-order valence-corrected chi connectivity index (χ4v) is 2.91. The molecule has 0 aliphatic heterocycles. The van der Waals surface area contributed by atoms with Gasteiger partial charge in [0.25, 0.3) is 11.1 Å². The van der Waals surface area contributed by atoms with Crippen LogP contribution in [-0.2, 0) is 6.61 Å². The molecule has 0 radical (unpaired) electrons. The van der Waals surface area contributed by atoms with Crippen molar-refractivity contribution in [3.8, 4) is 5.75 Å². The predicted molar refractivity (Wildman–Crippen MR) is 86.1 cm³/mol. The van der Waals surface area contributed by atoms with E-state index in [2.05, 4.69) is 10.2 Å². The molecule has 0 saturated heterocycles. The van der Waals surface area contributed by atoms with Crippen molar-refractivity contribution in [1.82, 2.24) is 10.2 Å². The van der Waals surface area contributed by atoms with Crippen molar-refractivity contribution in [1.29, 1.82) is 0 Å². The fraction of sp³-hybridized carbons (Fsp3) is 0.500. The van der Waals surface area contributed by atoms with E-state index in [0.29, 0.717) is 29.7 Å².